The van der Waals surface area contributed by atoms with E-state index in [9.17, 15) is 4.79 Å². The van der Waals surface area contributed by atoms with Gasteiger partial charge in [0.15, 0.2) is 5.13 Å². The molecule has 0 bridgehead atoms. The predicted molar refractivity (Wildman–Crippen MR) is 64.2 cm³/mol. The predicted octanol–water partition coefficient (Wildman–Crippen LogP) is 2.81. The van der Waals surface area contributed by atoms with Crippen molar-refractivity contribution in [1.82, 2.24) is 4.98 Å². The molecule has 0 spiro atoms. The van der Waals surface area contributed by atoms with Crippen molar-refractivity contribution in [3.8, 4) is 0 Å². The minimum atomic E-state index is -0.584. The number of urea groups is 1. The first-order valence-electron chi connectivity index (χ1n) is 4.68. The molecule has 0 aliphatic heterocycles. The first-order chi connectivity index (χ1) is 7.25. The Labute approximate surface area is 92.1 Å². The Morgan fingerprint density at radius 1 is 1.40 bits per heavy atom. The third kappa shape index (κ3) is 2.92. The maximum atomic E-state index is 10.5. The number of hydrogen-bond acceptors (Lipinski definition) is 3. The van der Waals surface area contributed by atoms with Crippen molar-refractivity contribution in [2.75, 3.05) is 5.32 Å². The molecule has 1 aromatic heterocycles. The molecule has 1 heterocycles. The minimum Gasteiger partial charge on any atom is -0.351 e. The number of benzene rings is 1. The van der Waals surface area contributed by atoms with Crippen LogP contribution in [0.3, 0.4) is 0 Å². The molecule has 1 aromatic carbocycles. The van der Waals surface area contributed by atoms with Crippen LogP contribution in [0.2, 0.25) is 0 Å². The zero-order valence-electron chi connectivity index (χ0n) is 8.65. The van der Waals surface area contributed by atoms with Gasteiger partial charge in [0.1, 0.15) is 0 Å². The highest BCUT2D eigenvalue weighted by atomic mass is 32.1. The number of aromatic nitrogens is 1. The van der Waals surface area contributed by atoms with Gasteiger partial charge in [-0.1, -0.05) is 37.3 Å². The smallest absolute Gasteiger partial charge is 0.318 e. The van der Waals surface area contributed by atoms with E-state index in [1.165, 1.54) is 11.3 Å². The van der Waals surface area contributed by atoms with Crippen LogP contribution in [-0.2, 0) is 0 Å². The number of primary amides is 1. The van der Waals surface area contributed by atoms with Crippen LogP contribution >= 0.6 is 11.3 Å². The van der Waals surface area contributed by atoms with Gasteiger partial charge in [-0.05, 0) is 12.1 Å². The summed E-state index contributed by atoms with van der Waals surface area (Å²) in [6.07, 6.45) is 0. The summed E-state index contributed by atoms with van der Waals surface area (Å²) >= 11 is 1.40. The molecule has 0 unspecified atom stereocenters. The normalized spacial score (nSPS) is 9.20. The molecule has 0 saturated carbocycles. The van der Waals surface area contributed by atoms with Gasteiger partial charge in [0, 0.05) is 0 Å². The summed E-state index contributed by atoms with van der Waals surface area (Å²) in [4.78, 5) is 14.7. The van der Waals surface area contributed by atoms with E-state index in [0.29, 0.717) is 5.13 Å². The van der Waals surface area contributed by atoms with Crippen LogP contribution in [0.1, 0.15) is 13.8 Å². The lowest BCUT2D eigenvalue weighted by Gasteiger charge is -1.91. The number of carbonyl (C=O) groups excluding carboxylic acids is 1. The van der Waals surface area contributed by atoms with Gasteiger partial charge < -0.3 is 5.73 Å². The van der Waals surface area contributed by atoms with Gasteiger partial charge in [-0.3, -0.25) is 5.32 Å². The average molecular weight is 223 g/mol. The molecule has 15 heavy (non-hydrogen) atoms. The van der Waals surface area contributed by atoms with Gasteiger partial charge in [0.2, 0.25) is 0 Å². The summed E-state index contributed by atoms with van der Waals surface area (Å²) in [6, 6.07) is 7.07. The SMILES string of the molecule is CC.NC(=O)Nc1nc2ccccc2s1. The number of anilines is 1. The molecule has 3 N–H and O–H groups in total. The molecule has 0 fully saturated rings. The van der Waals surface area contributed by atoms with E-state index in [2.05, 4.69) is 10.3 Å². The third-order valence-electron chi connectivity index (χ3n) is 1.52. The molecular formula is C10H13N3OS. The van der Waals surface area contributed by atoms with Gasteiger partial charge in [-0.15, -0.1) is 0 Å². The second-order valence-electron chi connectivity index (χ2n) is 2.48. The fourth-order valence-electron chi connectivity index (χ4n) is 1.03. The van der Waals surface area contributed by atoms with E-state index in [-0.39, 0.29) is 0 Å². The van der Waals surface area contributed by atoms with Crippen LogP contribution in [-0.4, -0.2) is 11.0 Å². The van der Waals surface area contributed by atoms with Gasteiger partial charge in [-0.2, -0.15) is 0 Å². The summed E-state index contributed by atoms with van der Waals surface area (Å²) in [5.41, 5.74) is 5.83. The monoisotopic (exact) mass is 223 g/mol. The van der Waals surface area contributed by atoms with Crippen molar-refractivity contribution in [3.63, 3.8) is 0 Å². The molecule has 2 amide bonds. The Hall–Kier alpha value is -1.62. The van der Waals surface area contributed by atoms with E-state index in [0.717, 1.165) is 10.2 Å². The fourth-order valence-corrected chi connectivity index (χ4v) is 1.90. The number of para-hydroxylation sites is 1. The fraction of sp³-hybridized carbons (Fsp3) is 0.200. The van der Waals surface area contributed by atoms with Crippen LogP contribution < -0.4 is 11.1 Å². The van der Waals surface area contributed by atoms with Gasteiger partial charge in [0.25, 0.3) is 0 Å². The molecule has 0 saturated heterocycles. The van der Waals surface area contributed by atoms with Crippen LogP contribution in [0.15, 0.2) is 24.3 Å². The molecule has 80 valence electrons. The zero-order valence-corrected chi connectivity index (χ0v) is 9.47. The Morgan fingerprint density at radius 2 is 2.07 bits per heavy atom. The van der Waals surface area contributed by atoms with Crippen LogP contribution in [0.5, 0.6) is 0 Å². The van der Waals surface area contributed by atoms with Crippen LogP contribution in [0, 0.1) is 0 Å². The molecular weight excluding hydrogens is 210 g/mol. The van der Waals surface area contributed by atoms with Gasteiger partial charge in [-0.25, -0.2) is 9.78 Å². The largest absolute Gasteiger partial charge is 0.351 e. The summed E-state index contributed by atoms with van der Waals surface area (Å²) < 4.78 is 1.03. The lowest BCUT2D eigenvalue weighted by atomic mass is 10.3. The topological polar surface area (TPSA) is 68.0 Å². The van der Waals surface area contributed by atoms with Crippen molar-refractivity contribution in [1.29, 1.82) is 0 Å². The lowest BCUT2D eigenvalue weighted by molar-refractivity contribution is 0.259. The quantitative estimate of drug-likeness (QED) is 0.780. The third-order valence-corrected chi connectivity index (χ3v) is 2.48. The van der Waals surface area contributed by atoms with E-state index in [1.54, 1.807) is 0 Å². The maximum absolute atomic E-state index is 10.5. The maximum Gasteiger partial charge on any atom is 0.318 e. The van der Waals surface area contributed by atoms with Crippen molar-refractivity contribution < 1.29 is 4.79 Å². The molecule has 0 aliphatic rings. The number of nitrogens with one attached hydrogen (secondary N) is 1. The molecule has 0 atom stereocenters. The minimum absolute atomic E-state index is 0.536. The Balaban J connectivity index is 0.000000531. The van der Waals surface area contributed by atoms with Crippen molar-refractivity contribution in [3.05, 3.63) is 24.3 Å². The van der Waals surface area contributed by atoms with Crippen molar-refractivity contribution in [2.45, 2.75) is 13.8 Å². The number of thiazole rings is 1. The molecule has 5 heteroatoms. The van der Waals surface area contributed by atoms with Gasteiger partial charge >= 0.3 is 6.03 Å². The van der Waals surface area contributed by atoms with E-state index >= 15 is 0 Å². The summed E-state index contributed by atoms with van der Waals surface area (Å²) in [5, 5.41) is 2.98. The highest BCUT2D eigenvalue weighted by Gasteiger charge is 2.03. The number of carbonyl (C=O) groups is 1. The van der Waals surface area contributed by atoms with Crippen LogP contribution in [0.4, 0.5) is 9.93 Å². The van der Waals surface area contributed by atoms with Crippen molar-refractivity contribution >= 4 is 32.7 Å². The molecule has 2 aromatic rings. The number of fused-ring (bicyclic) bond motifs is 1. The Morgan fingerprint density at radius 3 is 2.67 bits per heavy atom. The lowest BCUT2D eigenvalue weighted by Crippen LogP contribution is -2.18. The number of rotatable bonds is 1. The van der Waals surface area contributed by atoms with Gasteiger partial charge in [0.05, 0.1) is 10.2 Å². The summed E-state index contributed by atoms with van der Waals surface area (Å²) in [5.74, 6) is 0. The second kappa shape index (κ2) is 5.31. The number of nitrogens with two attached hydrogens (primary N) is 1. The molecule has 0 aliphatic carbocycles. The zero-order chi connectivity index (χ0) is 11.3. The summed E-state index contributed by atoms with van der Waals surface area (Å²) in [7, 11) is 0. The first-order valence-corrected chi connectivity index (χ1v) is 5.49. The Kier molecular flexibility index (Phi) is 4.05. The standard InChI is InChI=1S/C8H7N3OS.C2H6/c9-7(12)11-8-10-5-3-1-2-4-6(5)13-8;1-2/h1-4H,(H3,9,10,11,12);1-2H3. The molecule has 0 radical (unpaired) electrons. The van der Waals surface area contributed by atoms with E-state index in [1.807, 2.05) is 38.1 Å². The molecule has 2 rings (SSSR count). The first kappa shape index (κ1) is 11.5. The number of amides is 2. The average Bonchev–Trinajstić information content (AvgIpc) is 2.61. The Bertz CT molecular complexity index is 420. The summed E-state index contributed by atoms with van der Waals surface area (Å²) in [6.45, 7) is 4.00. The second-order valence-corrected chi connectivity index (χ2v) is 3.51. The van der Waals surface area contributed by atoms with Crippen molar-refractivity contribution in [2.24, 2.45) is 5.73 Å². The van der Waals surface area contributed by atoms with E-state index < -0.39 is 6.03 Å². The highest BCUT2D eigenvalue weighted by molar-refractivity contribution is 7.22. The number of nitrogens with zero attached hydrogens (tertiary/aromatic N) is 1. The molecule has 4 nitrogen and oxygen atoms in total. The van der Waals surface area contributed by atoms with Crippen LogP contribution in [0.25, 0.3) is 10.2 Å². The van der Waals surface area contributed by atoms with E-state index in [4.69, 9.17) is 5.73 Å². The number of hydrogen-bond donors (Lipinski definition) is 2. The highest BCUT2D eigenvalue weighted by Crippen LogP contribution is 2.24.